The van der Waals surface area contributed by atoms with Crippen molar-refractivity contribution in [3.8, 4) is 0 Å². The zero-order valence-electron chi connectivity index (χ0n) is 19.9. The number of nitrogens with one attached hydrogen (secondary N) is 2. The highest BCUT2D eigenvalue weighted by molar-refractivity contribution is 6.33. The Kier molecular flexibility index (Phi) is 6.13. The van der Waals surface area contributed by atoms with Gasteiger partial charge in [-0.15, -0.1) is 0 Å². The van der Waals surface area contributed by atoms with Gasteiger partial charge in [0.25, 0.3) is 0 Å². The predicted molar refractivity (Wildman–Crippen MR) is 125 cm³/mol. The Hall–Kier alpha value is -3.04. The number of aryl methyl sites for hydroxylation is 1. The summed E-state index contributed by atoms with van der Waals surface area (Å²) in [5.74, 6) is -0.142. The number of carbonyl (C=O) groups excluding carboxylic acids is 1. The first kappa shape index (κ1) is 25.1. The maximum absolute atomic E-state index is 12.7. The maximum Gasteiger partial charge on any atom is 0.417 e. The van der Waals surface area contributed by atoms with Crippen molar-refractivity contribution in [2.75, 3.05) is 5.43 Å². The number of ether oxygens (including phenoxy) is 1. The van der Waals surface area contributed by atoms with Gasteiger partial charge in [-0.25, -0.2) is 4.98 Å². The molecule has 10 heteroatoms. The molecular formula is C25H25ClF3N3O3. The van der Waals surface area contributed by atoms with E-state index in [4.69, 9.17) is 20.8 Å². The van der Waals surface area contributed by atoms with Gasteiger partial charge in [0.2, 0.25) is 0 Å². The molecule has 35 heavy (non-hydrogen) atoms. The zero-order valence-corrected chi connectivity index (χ0v) is 20.6. The largest absolute Gasteiger partial charge is 0.456 e. The molecule has 186 valence electrons. The van der Waals surface area contributed by atoms with Crippen LogP contribution in [0.5, 0.6) is 0 Å². The molecule has 1 aromatic carbocycles. The molecule has 3 heterocycles. The number of alkyl halides is 3. The normalized spacial score (nSPS) is 16.1. The fourth-order valence-electron chi connectivity index (χ4n) is 4.33. The number of aromatic nitrogens is 1. The summed E-state index contributed by atoms with van der Waals surface area (Å²) in [6, 6.07) is 8.21. The van der Waals surface area contributed by atoms with Gasteiger partial charge in [0.05, 0.1) is 21.8 Å². The van der Waals surface area contributed by atoms with Crippen molar-refractivity contribution in [3.05, 3.63) is 80.9 Å². The number of nitrogens with zero attached hydrogens (tertiary/aromatic N) is 1. The number of hydrazine groups is 1. The summed E-state index contributed by atoms with van der Waals surface area (Å²) in [7, 11) is 0. The van der Waals surface area contributed by atoms with Crippen LogP contribution in [0.15, 0.2) is 40.9 Å². The molecule has 2 aromatic heterocycles. The second-order valence-corrected chi connectivity index (χ2v) is 9.93. The number of furan rings is 1. The van der Waals surface area contributed by atoms with Crippen molar-refractivity contribution in [2.45, 2.75) is 58.4 Å². The molecule has 6 nitrogen and oxygen atoms in total. The number of anilines is 1. The summed E-state index contributed by atoms with van der Waals surface area (Å²) in [5.41, 5.74) is 7.38. The minimum atomic E-state index is -4.57. The molecule has 0 saturated heterocycles. The van der Waals surface area contributed by atoms with Crippen LogP contribution in [0.4, 0.5) is 19.0 Å². The van der Waals surface area contributed by atoms with E-state index in [0.717, 1.165) is 28.3 Å². The summed E-state index contributed by atoms with van der Waals surface area (Å²) in [6.45, 7) is 10.2. The van der Waals surface area contributed by atoms with E-state index in [0.29, 0.717) is 18.4 Å². The number of hydrogen-bond donors (Lipinski definition) is 2. The molecule has 0 aliphatic carbocycles. The molecule has 1 aliphatic heterocycles. The van der Waals surface area contributed by atoms with E-state index in [1.165, 1.54) is 6.07 Å². The maximum atomic E-state index is 12.7. The van der Waals surface area contributed by atoms with Crippen LogP contribution in [0.1, 0.15) is 71.8 Å². The molecule has 0 bridgehead atoms. The quantitative estimate of drug-likeness (QED) is 0.385. The van der Waals surface area contributed by atoms with Crippen LogP contribution < -0.4 is 10.9 Å². The monoisotopic (exact) mass is 507 g/mol. The average Bonchev–Trinajstić information content (AvgIpc) is 3.27. The summed E-state index contributed by atoms with van der Waals surface area (Å²) in [6.07, 6.45) is -3.47. The van der Waals surface area contributed by atoms with Crippen LogP contribution in [0, 0.1) is 6.92 Å². The molecule has 1 amide bonds. The van der Waals surface area contributed by atoms with Gasteiger partial charge in [0.15, 0.2) is 11.6 Å². The SMILES string of the molecule is Cc1cc2c(cc1Cc1ccc(C(=O)NNc3ncc(C(F)(F)F)cc3Cl)o1)C(C)(C)OC2(C)C. The third kappa shape index (κ3) is 5.01. The molecule has 0 unspecified atom stereocenters. The Balaban J connectivity index is 1.45. The van der Waals surface area contributed by atoms with E-state index in [2.05, 4.69) is 41.8 Å². The lowest BCUT2D eigenvalue weighted by molar-refractivity contribution is -0.137. The molecule has 4 rings (SSSR count). The summed E-state index contributed by atoms with van der Waals surface area (Å²) >= 11 is 5.84. The van der Waals surface area contributed by atoms with Gasteiger partial charge in [-0.1, -0.05) is 23.7 Å². The van der Waals surface area contributed by atoms with Crippen molar-refractivity contribution < 1.29 is 27.1 Å². The number of amides is 1. The third-order valence-electron chi connectivity index (χ3n) is 6.00. The molecule has 0 spiro atoms. The van der Waals surface area contributed by atoms with Gasteiger partial charge < -0.3 is 9.15 Å². The number of hydrogen-bond acceptors (Lipinski definition) is 5. The molecule has 0 fully saturated rings. The van der Waals surface area contributed by atoms with Crippen LogP contribution in [0.3, 0.4) is 0 Å². The van der Waals surface area contributed by atoms with E-state index in [-0.39, 0.29) is 22.2 Å². The summed E-state index contributed by atoms with van der Waals surface area (Å²) in [5, 5.41) is -0.289. The molecule has 0 radical (unpaired) electrons. The number of benzene rings is 1. The Morgan fingerprint density at radius 1 is 1.09 bits per heavy atom. The van der Waals surface area contributed by atoms with E-state index < -0.39 is 23.2 Å². The lowest BCUT2D eigenvalue weighted by Crippen LogP contribution is -2.29. The average molecular weight is 508 g/mol. The van der Waals surface area contributed by atoms with Crippen LogP contribution in [0.25, 0.3) is 0 Å². The highest BCUT2D eigenvalue weighted by atomic mass is 35.5. The van der Waals surface area contributed by atoms with Gasteiger partial charge in [0, 0.05) is 12.6 Å². The van der Waals surface area contributed by atoms with Crippen molar-refractivity contribution in [1.29, 1.82) is 0 Å². The predicted octanol–water partition coefficient (Wildman–Crippen LogP) is 6.50. The molecule has 2 N–H and O–H groups in total. The van der Waals surface area contributed by atoms with Crippen LogP contribution in [0.2, 0.25) is 5.02 Å². The second kappa shape index (κ2) is 8.57. The van der Waals surface area contributed by atoms with Gasteiger partial charge in [-0.05, 0) is 75.1 Å². The minimum Gasteiger partial charge on any atom is -0.456 e. The molecule has 3 aromatic rings. The molecule has 1 aliphatic rings. The van der Waals surface area contributed by atoms with Crippen LogP contribution in [-0.2, 0) is 28.5 Å². The Morgan fingerprint density at radius 3 is 2.37 bits per heavy atom. The first-order valence-corrected chi connectivity index (χ1v) is 11.3. The summed E-state index contributed by atoms with van der Waals surface area (Å²) in [4.78, 5) is 16.1. The van der Waals surface area contributed by atoms with E-state index in [1.807, 2.05) is 20.8 Å². The van der Waals surface area contributed by atoms with Crippen molar-refractivity contribution in [3.63, 3.8) is 0 Å². The van der Waals surface area contributed by atoms with Gasteiger partial charge in [0.1, 0.15) is 5.76 Å². The minimum absolute atomic E-state index is 0.0270. The third-order valence-corrected chi connectivity index (χ3v) is 6.28. The Labute approximate surface area is 205 Å². The number of fused-ring (bicyclic) bond motifs is 1. The highest BCUT2D eigenvalue weighted by Gasteiger charge is 2.43. The number of rotatable bonds is 5. The fourth-order valence-corrected chi connectivity index (χ4v) is 4.55. The molecule has 0 saturated carbocycles. The van der Waals surface area contributed by atoms with Crippen LogP contribution >= 0.6 is 11.6 Å². The van der Waals surface area contributed by atoms with Crippen molar-refractivity contribution in [1.82, 2.24) is 10.4 Å². The van der Waals surface area contributed by atoms with E-state index in [9.17, 15) is 18.0 Å². The highest BCUT2D eigenvalue weighted by Crippen LogP contribution is 2.47. The molecule has 0 atom stereocenters. The number of halogens is 4. The Bertz CT molecular complexity index is 1300. The number of carbonyl (C=O) groups is 1. The first-order chi connectivity index (χ1) is 16.2. The Morgan fingerprint density at radius 2 is 1.74 bits per heavy atom. The smallest absolute Gasteiger partial charge is 0.417 e. The number of pyridine rings is 1. The summed E-state index contributed by atoms with van der Waals surface area (Å²) < 4.78 is 50.2. The fraction of sp³-hybridized carbons (Fsp3) is 0.360. The molecular weight excluding hydrogens is 483 g/mol. The topological polar surface area (TPSA) is 76.4 Å². The standard InChI is InChI=1S/C25H25ClF3N3O3/c1-13-8-17-18(24(4,5)35-23(17,2)3)10-14(13)9-16-6-7-20(34-16)22(33)32-31-21-19(26)11-15(12-30-21)25(27,28)29/h6-8,10-12H,9H2,1-5H3,(H,30,31)(H,32,33). The van der Waals surface area contributed by atoms with Crippen molar-refractivity contribution >= 4 is 23.3 Å². The second-order valence-electron chi connectivity index (χ2n) is 9.52. The lowest BCUT2D eigenvalue weighted by atomic mass is 9.86. The van der Waals surface area contributed by atoms with E-state index in [1.54, 1.807) is 6.07 Å². The van der Waals surface area contributed by atoms with Gasteiger partial charge in [-0.2, -0.15) is 13.2 Å². The van der Waals surface area contributed by atoms with Crippen molar-refractivity contribution in [2.24, 2.45) is 0 Å². The van der Waals surface area contributed by atoms with Crippen LogP contribution in [-0.4, -0.2) is 10.9 Å². The van der Waals surface area contributed by atoms with Gasteiger partial charge >= 0.3 is 12.1 Å². The first-order valence-electron chi connectivity index (χ1n) is 10.9. The van der Waals surface area contributed by atoms with Gasteiger partial charge in [-0.3, -0.25) is 15.6 Å². The van der Waals surface area contributed by atoms with E-state index >= 15 is 0 Å². The zero-order chi connectivity index (χ0) is 25.8. The lowest BCUT2D eigenvalue weighted by Gasteiger charge is -2.24.